The van der Waals surface area contributed by atoms with Gasteiger partial charge in [-0.3, -0.25) is 0 Å². The number of aryl methyl sites for hydroxylation is 1. The van der Waals surface area contributed by atoms with Crippen molar-refractivity contribution in [3.63, 3.8) is 0 Å². The highest BCUT2D eigenvalue weighted by Gasteiger charge is 2.23. The van der Waals surface area contributed by atoms with E-state index in [1.807, 2.05) is 0 Å². The van der Waals surface area contributed by atoms with Crippen LogP contribution in [0.25, 0.3) is 33.4 Å². The Morgan fingerprint density at radius 1 is 1.12 bits per heavy atom. The Balaban J connectivity index is 1.78. The number of fused-ring (bicyclic) bond motifs is 1. The van der Waals surface area contributed by atoms with Crippen LogP contribution in [0.5, 0.6) is 0 Å². The monoisotopic (exact) mass is 489 g/mol. The Morgan fingerprint density at radius 2 is 1.94 bits per heavy atom. The average molecular weight is 490 g/mol. The van der Waals surface area contributed by atoms with E-state index in [0.717, 1.165) is 6.42 Å². The largest absolute Gasteiger partial charge is 0.399 e. The maximum absolute atomic E-state index is 12.6. The molecule has 0 aliphatic carbocycles. The number of halogens is 2. The predicted molar refractivity (Wildman–Crippen MR) is 133 cm³/mol. The summed E-state index contributed by atoms with van der Waals surface area (Å²) < 4.78 is 40.0. The highest BCUT2D eigenvalue weighted by Crippen LogP contribution is 2.44. The number of aromatic nitrogens is 3. The number of nitrogen functional groups attached to an aromatic ring is 2. The molecule has 7 nitrogen and oxygen atoms in total. The highest BCUT2D eigenvalue weighted by molar-refractivity contribution is 7.95. The minimum atomic E-state index is -2.54. The summed E-state index contributed by atoms with van der Waals surface area (Å²) in [5.41, 5.74) is 15.7. The van der Waals surface area contributed by atoms with E-state index in [4.69, 9.17) is 38.8 Å². The smallest absolute Gasteiger partial charge is 0.144 e. The quantitative estimate of drug-likeness (QED) is 0.324. The zero-order chi connectivity index (χ0) is 25.1. The molecule has 10 heteroatoms. The maximum atomic E-state index is 12.6. The third kappa shape index (κ3) is 3.58. The van der Waals surface area contributed by atoms with Crippen molar-refractivity contribution in [2.24, 2.45) is 4.36 Å². The molecule has 0 amide bonds. The molecule has 32 heavy (non-hydrogen) atoms. The minimum Gasteiger partial charge on any atom is -0.399 e. The van der Waals surface area contributed by atoms with Crippen molar-refractivity contribution in [2.75, 3.05) is 23.0 Å². The molecule has 0 bridgehead atoms. The van der Waals surface area contributed by atoms with Gasteiger partial charge in [-0.25, -0.2) is 14.2 Å². The minimum absolute atomic E-state index is 0.00694. The topological polar surface area (TPSA) is 123 Å². The van der Waals surface area contributed by atoms with Crippen molar-refractivity contribution in [3.05, 3.63) is 52.3 Å². The van der Waals surface area contributed by atoms with E-state index in [9.17, 15) is 4.21 Å². The van der Waals surface area contributed by atoms with E-state index in [2.05, 4.69) is 19.3 Å². The fourth-order valence-electron chi connectivity index (χ4n) is 3.74. The summed E-state index contributed by atoms with van der Waals surface area (Å²) in [5.74, 6) is 0.745. The Bertz CT molecular complexity index is 1620. The number of hydrogen-bond acceptors (Lipinski definition) is 6. The van der Waals surface area contributed by atoms with E-state index in [1.165, 1.54) is 0 Å². The SMILES string of the molecule is [2H]C([2H])([2H])c1nc(N)c2c(-c3ccc(N=S4(=O)CCC4)c(Cl)c3)c(-c3ccc(N)cc3Cl)[nH]c2n1. The van der Waals surface area contributed by atoms with Gasteiger partial charge in [-0.1, -0.05) is 29.3 Å². The van der Waals surface area contributed by atoms with Crippen LogP contribution < -0.4 is 11.5 Å². The second-order valence-electron chi connectivity index (χ2n) is 7.56. The summed E-state index contributed by atoms with van der Waals surface area (Å²) in [6.45, 7) is -2.54. The van der Waals surface area contributed by atoms with Gasteiger partial charge < -0.3 is 16.5 Å². The molecule has 3 heterocycles. The normalized spacial score (nSPS) is 16.8. The maximum Gasteiger partial charge on any atom is 0.144 e. The zero-order valence-electron chi connectivity index (χ0n) is 19.7. The lowest BCUT2D eigenvalue weighted by atomic mass is 9.98. The van der Waals surface area contributed by atoms with Gasteiger partial charge in [0.05, 0.1) is 36.5 Å². The van der Waals surface area contributed by atoms with E-state index in [-0.39, 0.29) is 17.3 Å². The first-order chi connectivity index (χ1) is 16.4. The van der Waals surface area contributed by atoms with Crippen molar-refractivity contribution in [1.82, 2.24) is 15.0 Å². The van der Waals surface area contributed by atoms with Gasteiger partial charge in [0.25, 0.3) is 0 Å². The lowest BCUT2D eigenvalue weighted by molar-refractivity contribution is 0.663. The first-order valence-corrected chi connectivity index (χ1v) is 12.3. The van der Waals surface area contributed by atoms with Crippen LogP contribution >= 0.6 is 23.2 Å². The first kappa shape index (κ1) is 17.7. The van der Waals surface area contributed by atoms with Gasteiger partial charge >= 0.3 is 0 Å². The second-order valence-corrected chi connectivity index (χ2v) is 10.9. The Morgan fingerprint density at radius 3 is 2.59 bits per heavy atom. The number of H-pyrrole nitrogens is 1. The summed E-state index contributed by atoms with van der Waals surface area (Å²) in [4.78, 5) is 11.4. The Hall–Kier alpha value is -2.81. The first-order valence-electron chi connectivity index (χ1n) is 11.2. The lowest BCUT2D eigenvalue weighted by Gasteiger charge is -2.18. The Labute approximate surface area is 199 Å². The van der Waals surface area contributed by atoms with Gasteiger partial charge in [0.2, 0.25) is 0 Å². The zero-order valence-corrected chi connectivity index (χ0v) is 19.0. The molecular formula is C22H20Cl2N6OS. The number of benzene rings is 2. The summed E-state index contributed by atoms with van der Waals surface area (Å²) in [6, 6.07) is 10.2. The molecule has 164 valence electrons. The number of nitrogens with one attached hydrogen (secondary N) is 1. The third-order valence-corrected chi connectivity index (χ3v) is 8.37. The number of anilines is 2. The molecule has 2 aromatic heterocycles. The standard InChI is InChI=1S/C22H20Cl2N6OS/c1-11-27-21(26)19-18(12-3-6-17(16(24)9-12)30-32(31)7-2-8-32)20(29-22(19)28-11)14-5-4-13(25)10-15(14)23/h3-6,9-10H,2,7-8,25H2,1H3,(H3,26,27,28,29)/i1D3. The molecule has 2 aromatic carbocycles. The van der Waals surface area contributed by atoms with Gasteiger partial charge in [-0.05, 0) is 49.2 Å². The fourth-order valence-corrected chi connectivity index (χ4v) is 5.78. The second kappa shape index (κ2) is 7.65. The van der Waals surface area contributed by atoms with Gasteiger partial charge in [0.1, 0.15) is 17.3 Å². The lowest BCUT2D eigenvalue weighted by Crippen LogP contribution is -2.22. The van der Waals surface area contributed by atoms with E-state index in [0.29, 0.717) is 60.7 Å². The van der Waals surface area contributed by atoms with Crippen molar-refractivity contribution in [3.8, 4) is 22.4 Å². The van der Waals surface area contributed by atoms with E-state index >= 15 is 0 Å². The molecule has 4 aromatic rings. The molecular weight excluding hydrogens is 467 g/mol. The van der Waals surface area contributed by atoms with Crippen molar-refractivity contribution in [1.29, 1.82) is 0 Å². The third-order valence-electron chi connectivity index (χ3n) is 5.37. The molecule has 1 aliphatic rings. The van der Waals surface area contributed by atoms with E-state index < -0.39 is 16.6 Å². The molecule has 0 radical (unpaired) electrons. The van der Waals surface area contributed by atoms with Crippen LogP contribution in [-0.2, 0) is 9.73 Å². The fraction of sp³-hybridized carbons (Fsp3) is 0.182. The van der Waals surface area contributed by atoms with Gasteiger partial charge in [-0.2, -0.15) is 4.36 Å². The van der Waals surface area contributed by atoms with Crippen LogP contribution in [0.4, 0.5) is 17.2 Å². The number of hydrogen-bond donors (Lipinski definition) is 3. The molecule has 0 unspecified atom stereocenters. The van der Waals surface area contributed by atoms with Crippen molar-refractivity contribution >= 4 is 61.2 Å². The molecule has 1 saturated heterocycles. The van der Waals surface area contributed by atoms with Crippen LogP contribution in [0.2, 0.25) is 10.0 Å². The van der Waals surface area contributed by atoms with Crippen LogP contribution in [-0.4, -0.2) is 30.7 Å². The number of rotatable bonds is 3. The summed E-state index contributed by atoms with van der Waals surface area (Å²) >= 11 is 13.1. The Kier molecular flexibility index (Phi) is 4.23. The molecule has 0 spiro atoms. The predicted octanol–water partition coefficient (Wildman–Crippen LogP) is 5.57. The van der Waals surface area contributed by atoms with Crippen LogP contribution in [0.1, 0.15) is 16.4 Å². The highest BCUT2D eigenvalue weighted by atomic mass is 35.5. The van der Waals surface area contributed by atoms with Gasteiger partial charge in [0.15, 0.2) is 0 Å². The number of nitrogens with two attached hydrogens (primary N) is 2. The van der Waals surface area contributed by atoms with Crippen LogP contribution in [0.3, 0.4) is 0 Å². The molecule has 5 rings (SSSR count). The molecule has 5 N–H and O–H groups in total. The van der Waals surface area contributed by atoms with Gasteiger partial charge in [-0.15, -0.1) is 0 Å². The number of aromatic amines is 1. The molecule has 1 aliphatic heterocycles. The van der Waals surface area contributed by atoms with E-state index in [1.54, 1.807) is 36.4 Å². The molecule has 0 saturated carbocycles. The summed E-state index contributed by atoms with van der Waals surface area (Å²) in [6.07, 6.45) is 0.886. The number of nitrogens with zero attached hydrogens (tertiary/aromatic N) is 3. The van der Waals surface area contributed by atoms with Gasteiger partial charge in [0, 0.05) is 32.4 Å². The van der Waals surface area contributed by atoms with Crippen molar-refractivity contribution < 1.29 is 8.32 Å². The summed E-state index contributed by atoms with van der Waals surface area (Å²) in [7, 11) is -2.24. The average Bonchev–Trinajstić information content (AvgIpc) is 3.13. The molecule has 0 atom stereocenters. The summed E-state index contributed by atoms with van der Waals surface area (Å²) in [5, 5.41) is 1.12. The van der Waals surface area contributed by atoms with Crippen molar-refractivity contribution in [2.45, 2.75) is 13.3 Å². The molecule has 1 fully saturated rings. The van der Waals surface area contributed by atoms with Crippen LogP contribution in [0.15, 0.2) is 40.8 Å². The van der Waals surface area contributed by atoms with Crippen LogP contribution in [0, 0.1) is 6.85 Å².